The second-order valence-electron chi connectivity index (χ2n) is 9.93. The van der Waals surface area contributed by atoms with Crippen LogP contribution in [0.2, 0.25) is 0 Å². The van der Waals surface area contributed by atoms with Gasteiger partial charge >= 0.3 is 5.97 Å². The average molecular weight is 474 g/mol. The minimum absolute atomic E-state index is 0.00148. The number of esters is 1. The largest absolute Gasteiger partial charge is 0.458 e. The lowest BCUT2D eigenvalue weighted by Gasteiger charge is -2.26. The molecule has 184 valence electrons. The number of nitrogens with zero attached hydrogens (tertiary/aromatic N) is 3. The van der Waals surface area contributed by atoms with E-state index < -0.39 is 5.60 Å². The maximum Gasteiger partial charge on any atom is 0.332 e. The molecule has 1 unspecified atom stereocenters. The zero-order chi connectivity index (χ0) is 24.7. The van der Waals surface area contributed by atoms with Gasteiger partial charge in [0.15, 0.2) is 0 Å². The third-order valence-corrected chi connectivity index (χ3v) is 5.99. The average Bonchev–Trinajstić information content (AvgIpc) is 3.32. The van der Waals surface area contributed by atoms with E-state index >= 15 is 0 Å². The number of hydrogen-bond donors (Lipinski definition) is 0. The van der Waals surface area contributed by atoms with E-state index in [-0.39, 0.29) is 12.6 Å². The summed E-state index contributed by atoms with van der Waals surface area (Å²) in [6, 6.07) is 20.9. The van der Waals surface area contributed by atoms with Gasteiger partial charge in [-0.3, -0.25) is 4.98 Å². The first kappa shape index (κ1) is 24.9. The second-order valence-corrected chi connectivity index (χ2v) is 9.93. The second kappa shape index (κ2) is 11.5. The van der Waals surface area contributed by atoms with Crippen LogP contribution >= 0.6 is 0 Å². The van der Waals surface area contributed by atoms with E-state index in [9.17, 15) is 4.79 Å². The zero-order valence-corrected chi connectivity index (χ0v) is 20.9. The zero-order valence-electron chi connectivity index (χ0n) is 20.9. The lowest BCUT2D eigenvalue weighted by molar-refractivity contribution is -0.160. The van der Waals surface area contributed by atoms with E-state index in [1.807, 2.05) is 63.4 Å². The summed E-state index contributed by atoms with van der Waals surface area (Å²) in [4.78, 5) is 24.2. The van der Waals surface area contributed by atoms with Crippen molar-refractivity contribution in [3.8, 4) is 22.5 Å². The van der Waals surface area contributed by atoms with E-state index in [4.69, 9.17) is 19.4 Å². The van der Waals surface area contributed by atoms with Crippen LogP contribution in [0.25, 0.3) is 22.5 Å². The fraction of sp³-hybridized carbons (Fsp3) is 0.414. The van der Waals surface area contributed by atoms with Crippen molar-refractivity contribution in [1.82, 2.24) is 9.97 Å². The molecule has 35 heavy (non-hydrogen) atoms. The molecule has 1 fully saturated rings. The summed E-state index contributed by atoms with van der Waals surface area (Å²) in [5.74, 6) is 0.600. The van der Waals surface area contributed by atoms with Gasteiger partial charge in [0.25, 0.3) is 0 Å². The highest BCUT2D eigenvalue weighted by Gasteiger charge is 2.26. The van der Waals surface area contributed by atoms with Gasteiger partial charge in [0, 0.05) is 30.3 Å². The minimum Gasteiger partial charge on any atom is -0.458 e. The molecular weight excluding hydrogens is 438 g/mol. The highest BCUT2D eigenvalue weighted by Crippen LogP contribution is 2.33. The van der Waals surface area contributed by atoms with Crippen molar-refractivity contribution in [3.05, 3.63) is 66.9 Å². The van der Waals surface area contributed by atoms with Crippen molar-refractivity contribution in [2.45, 2.75) is 58.1 Å². The Labute approximate surface area is 208 Å². The van der Waals surface area contributed by atoms with Gasteiger partial charge in [-0.05, 0) is 46.5 Å². The third-order valence-electron chi connectivity index (χ3n) is 5.99. The Bertz CT molecular complexity index is 1100. The number of carbonyl (C=O) groups excluding carboxylic acids is 1. The quantitative estimate of drug-likeness (QED) is 0.284. The number of benzene rings is 2. The summed E-state index contributed by atoms with van der Waals surface area (Å²) in [7, 11) is 0. The molecule has 1 aliphatic heterocycles. The molecule has 1 aromatic heterocycles. The minimum atomic E-state index is -0.486. The molecule has 0 N–H and O–H groups in total. The summed E-state index contributed by atoms with van der Waals surface area (Å²) < 4.78 is 10.9. The van der Waals surface area contributed by atoms with Gasteiger partial charge in [0.2, 0.25) is 0 Å². The SMILES string of the molecule is CC(C)(C)OC(=O)COCCCC1CCCN1c1cnc(-c2ccccc2)c(-c2ccccc2)n1. The Morgan fingerprint density at radius 1 is 1.00 bits per heavy atom. The number of anilines is 1. The molecule has 0 saturated carbocycles. The molecule has 2 heterocycles. The topological polar surface area (TPSA) is 64.6 Å². The predicted molar refractivity (Wildman–Crippen MR) is 139 cm³/mol. The summed E-state index contributed by atoms with van der Waals surface area (Å²) in [6.07, 6.45) is 6.02. The molecule has 1 aliphatic rings. The van der Waals surface area contributed by atoms with E-state index in [1.165, 1.54) is 0 Å². The summed E-state index contributed by atoms with van der Waals surface area (Å²) in [5.41, 5.74) is 3.44. The number of hydrogen-bond acceptors (Lipinski definition) is 6. The van der Waals surface area contributed by atoms with E-state index in [0.717, 1.165) is 60.6 Å². The number of aromatic nitrogens is 2. The number of rotatable bonds is 9. The van der Waals surface area contributed by atoms with Crippen LogP contribution < -0.4 is 4.90 Å². The van der Waals surface area contributed by atoms with Crippen molar-refractivity contribution >= 4 is 11.8 Å². The Morgan fingerprint density at radius 3 is 2.31 bits per heavy atom. The summed E-state index contributed by atoms with van der Waals surface area (Å²) >= 11 is 0. The van der Waals surface area contributed by atoms with E-state index in [0.29, 0.717) is 12.6 Å². The van der Waals surface area contributed by atoms with Crippen molar-refractivity contribution in [1.29, 1.82) is 0 Å². The molecule has 2 aromatic carbocycles. The smallest absolute Gasteiger partial charge is 0.332 e. The van der Waals surface area contributed by atoms with Crippen LogP contribution in [-0.4, -0.2) is 47.3 Å². The maximum atomic E-state index is 11.8. The lowest BCUT2D eigenvalue weighted by Crippen LogP contribution is -2.30. The lowest BCUT2D eigenvalue weighted by atomic mass is 10.0. The Balaban J connectivity index is 1.43. The molecule has 6 heteroatoms. The third kappa shape index (κ3) is 6.89. The van der Waals surface area contributed by atoms with Crippen molar-refractivity contribution in [2.75, 3.05) is 24.7 Å². The van der Waals surface area contributed by atoms with Gasteiger partial charge in [-0.25, -0.2) is 9.78 Å². The summed E-state index contributed by atoms with van der Waals surface area (Å²) in [6.45, 7) is 7.08. The van der Waals surface area contributed by atoms with Crippen LogP contribution in [0.3, 0.4) is 0 Å². The first-order valence-electron chi connectivity index (χ1n) is 12.4. The molecule has 4 rings (SSSR count). The van der Waals surface area contributed by atoms with Crippen molar-refractivity contribution in [3.63, 3.8) is 0 Å². The van der Waals surface area contributed by atoms with Gasteiger partial charge in [-0.15, -0.1) is 0 Å². The van der Waals surface area contributed by atoms with Gasteiger partial charge in [0.1, 0.15) is 18.0 Å². The Kier molecular flexibility index (Phi) is 8.13. The normalized spacial score (nSPS) is 15.9. The molecule has 3 aromatic rings. The van der Waals surface area contributed by atoms with Crippen LogP contribution in [0.1, 0.15) is 46.5 Å². The predicted octanol–water partition coefficient (Wildman–Crippen LogP) is 5.92. The monoisotopic (exact) mass is 473 g/mol. The van der Waals surface area contributed by atoms with Crippen molar-refractivity contribution < 1.29 is 14.3 Å². The first-order valence-corrected chi connectivity index (χ1v) is 12.4. The maximum absolute atomic E-state index is 11.8. The first-order chi connectivity index (χ1) is 16.9. The fourth-order valence-electron chi connectivity index (χ4n) is 4.51. The molecule has 0 amide bonds. The van der Waals surface area contributed by atoms with Crippen LogP contribution in [0.15, 0.2) is 66.9 Å². The highest BCUT2D eigenvalue weighted by molar-refractivity contribution is 5.78. The molecule has 6 nitrogen and oxygen atoms in total. The van der Waals surface area contributed by atoms with Gasteiger partial charge in [0.05, 0.1) is 17.6 Å². The number of ether oxygens (including phenoxy) is 2. The van der Waals surface area contributed by atoms with Crippen LogP contribution in [0, 0.1) is 0 Å². The standard InChI is InChI=1S/C29H35N3O3/c1-29(2,3)35-26(33)21-34-19-11-17-24-16-10-18-32(24)25-20-30-27(22-12-6-4-7-13-22)28(31-25)23-14-8-5-9-15-23/h4-9,12-15,20,24H,10-11,16-19,21H2,1-3H3. The van der Waals surface area contributed by atoms with Gasteiger partial charge in [-0.2, -0.15) is 0 Å². The van der Waals surface area contributed by atoms with Crippen LogP contribution in [-0.2, 0) is 14.3 Å². The Hall–Kier alpha value is -3.25. The molecule has 0 aliphatic carbocycles. The molecule has 0 radical (unpaired) electrons. The van der Waals surface area contributed by atoms with E-state index in [2.05, 4.69) is 29.2 Å². The molecule has 0 bridgehead atoms. The van der Waals surface area contributed by atoms with Crippen molar-refractivity contribution in [2.24, 2.45) is 0 Å². The molecular formula is C29H35N3O3. The van der Waals surface area contributed by atoms with Crippen LogP contribution in [0.5, 0.6) is 0 Å². The summed E-state index contributed by atoms with van der Waals surface area (Å²) in [5, 5.41) is 0. The number of carbonyl (C=O) groups is 1. The van der Waals surface area contributed by atoms with Gasteiger partial charge < -0.3 is 14.4 Å². The van der Waals surface area contributed by atoms with E-state index in [1.54, 1.807) is 0 Å². The Morgan fingerprint density at radius 2 is 1.66 bits per heavy atom. The highest BCUT2D eigenvalue weighted by atomic mass is 16.6. The molecule has 1 saturated heterocycles. The van der Waals surface area contributed by atoms with Gasteiger partial charge in [-0.1, -0.05) is 60.7 Å². The molecule has 0 spiro atoms. The molecule has 1 atom stereocenters. The fourth-order valence-corrected chi connectivity index (χ4v) is 4.51. The van der Waals surface area contributed by atoms with Crippen LogP contribution in [0.4, 0.5) is 5.82 Å².